The molecule has 3 aromatic heterocycles. The number of benzene rings is 1. The van der Waals surface area contributed by atoms with Crippen molar-refractivity contribution in [2.45, 2.75) is 13.3 Å². The molecule has 1 aromatic carbocycles. The van der Waals surface area contributed by atoms with Gasteiger partial charge in [-0.25, -0.2) is 37.1 Å². The number of morpholine rings is 1. The van der Waals surface area contributed by atoms with Crippen LogP contribution in [-0.4, -0.2) is 67.5 Å². The molecular formula is C26H27F2N7O3S. The first-order valence-electron chi connectivity index (χ1n) is 12.4. The minimum absolute atomic E-state index is 0.0139. The van der Waals surface area contributed by atoms with E-state index in [1.165, 1.54) is 6.07 Å². The van der Waals surface area contributed by atoms with Crippen LogP contribution in [0.4, 0.5) is 26.1 Å². The Labute approximate surface area is 224 Å². The van der Waals surface area contributed by atoms with Gasteiger partial charge >= 0.3 is 0 Å². The molecule has 1 aliphatic heterocycles. The van der Waals surface area contributed by atoms with E-state index in [4.69, 9.17) is 9.72 Å². The smallest absolute Gasteiger partial charge is 0.232 e. The highest BCUT2D eigenvalue weighted by Gasteiger charge is 2.23. The van der Waals surface area contributed by atoms with Crippen LogP contribution >= 0.6 is 0 Å². The van der Waals surface area contributed by atoms with Crippen molar-refractivity contribution in [2.75, 3.05) is 54.0 Å². The van der Waals surface area contributed by atoms with Crippen molar-refractivity contribution >= 4 is 38.4 Å². The number of hydrogen-bond donors (Lipinski definition) is 2. The number of nitrogens with one attached hydrogen (secondary N) is 2. The van der Waals surface area contributed by atoms with Crippen LogP contribution in [0.1, 0.15) is 13.3 Å². The third-order valence-electron chi connectivity index (χ3n) is 6.20. The Morgan fingerprint density at radius 1 is 1.03 bits per heavy atom. The molecule has 0 atom stereocenters. The second kappa shape index (κ2) is 11.0. The quantitative estimate of drug-likeness (QED) is 0.331. The molecule has 1 fully saturated rings. The zero-order chi connectivity index (χ0) is 27.6. The normalized spacial score (nSPS) is 14.0. The van der Waals surface area contributed by atoms with Gasteiger partial charge in [-0.2, -0.15) is 0 Å². The number of hydrogen-bond acceptors (Lipinski definition) is 9. The van der Waals surface area contributed by atoms with Crippen LogP contribution in [-0.2, 0) is 14.8 Å². The molecule has 0 spiro atoms. The van der Waals surface area contributed by atoms with Gasteiger partial charge in [0.25, 0.3) is 0 Å². The van der Waals surface area contributed by atoms with Crippen molar-refractivity contribution < 1.29 is 21.9 Å². The maximum atomic E-state index is 15.5. The second-order valence-electron chi connectivity index (χ2n) is 8.92. The molecule has 1 aliphatic rings. The molecule has 4 aromatic rings. The van der Waals surface area contributed by atoms with E-state index < -0.39 is 27.2 Å². The molecule has 39 heavy (non-hydrogen) atoms. The van der Waals surface area contributed by atoms with Gasteiger partial charge < -0.3 is 15.0 Å². The SMILES string of the molecule is CCCS(=O)(=O)Nc1ccc(F)c(-c2ccc3nc(-c4ccc(NC)nc4)nc(N4CCOCC4)c3n2)c1F. The van der Waals surface area contributed by atoms with Crippen molar-refractivity contribution in [3.05, 3.63) is 54.2 Å². The Morgan fingerprint density at radius 3 is 2.51 bits per heavy atom. The van der Waals surface area contributed by atoms with E-state index in [-0.39, 0.29) is 17.1 Å². The standard InChI is InChI=1S/C26H27F2N7O3S/c1-3-14-39(36,37)34-19-6-5-17(27)22(23(19)28)18-7-8-20-24(31-18)26(35-10-12-38-13-11-35)33-25(32-20)16-4-9-21(29-2)30-15-16/h4-9,15,34H,3,10-14H2,1-2H3,(H,29,30). The Balaban J connectivity index is 1.64. The molecule has 1 saturated heterocycles. The number of halogens is 2. The highest BCUT2D eigenvalue weighted by Crippen LogP contribution is 2.34. The summed E-state index contributed by atoms with van der Waals surface area (Å²) in [4.78, 5) is 20.3. The number of pyridine rings is 2. The zero-order valence-corrected chi connectivity index (χ0v) is 22.2. The van der Waals surface area contributed by atoms with E-state index in [9.17, 15) is 12.8 Å². The van der Waals surface area contributed by atoms with Crippen molar-refractivity contribution in [3.63, 3.8) is 0 Å². The van der Waals surface area contributed by atoms with Crippen LogP contribution in [0.25, 0.3) is 33.7 Å². The Hall–Kier alpha value is -3.97. The number of rotatable bonds is 8. The van der Waals surface area contributed by atoms with Gasteiger partial charge in [0.2, 0.25) is 10.0 Å². The van der Waals surface area contributed by atoms with Gasteiger partial charge in [0.15, 0.2) is 17.5 Å². The van der Waals surface area contributed by atoms with Crippen LogP contribution in [0.2, 0.25) is 0 Å². The largest absolute Gasteiger partial charge is 0.378 e. The summed E-state index contributed by atoms with van der Waals surface area (Å²) in [6, 6.07) is 8.81. The summed E-state index contributed by atoms with van der Waals surface area (Å²) in [7, 11) is -2.02. The fourth-order valence-electron chi connectivity index (χ4n) is 4.29. The fraction of sp³-hybridized carbons (Fsp3) is 0.308. The number of nitrogens with zero attached hydrogens (tertiary/aromatic N) is 5. The lowest BCUT2D eigenvalue weighted by Gasteiger charge is -2.28. The van der Waals surface area contributed by atoms with E-state index in [2.05, 4.69) is 25.0 Å². The van der Waals surface area contributed by atoms with Gasteiger partial charge in [-0.3, -0.25) is 4.72 Å². The monoisotopic (exact) mass is 555 g/mol. The van der Waals surface area contributed by atoms with E-state index in [1.807, 2.05) is 17.0 Å². The minimum Gasteiger partial charge on any atom is -0.378 e. The van der Waals surface area contributed by atoms with Crippen molar-refractivity contribution in [1.82, 2.24) is 19.9 Å². The van der Waals surface area contributed by atoms with Crippen LogP contribution in [0.5, 0.6) is 0 Å². The predicted octanol–water partition coefficient (Wildman–Crippen LogP) is 4.06. The molecule has 0 saturated carbocycles. The van der Waals surface area contributed by atoms with E-state index in [0.717, 1.165) is 12.1 Å². The number of sulfonamides is 1. The number of fused-ring (bicyclic) bond motifs is 1. The summed E-state index contributed by atoms with van der Waals surface area (Å²) in [5.74, 6) is -0.496. The minimum atomic E-state index is -3.79. The fourth-order valence-corrected chi connectivity index (χ4v) is 5.42. The Bertz CT molecular complexity index is 1610. The number of aromatic nitrogens is 4. The zero-order valence-electron chi connectivity index (χ0n) is 21.4. The van der Waals surface area contributed by atoms with Gasteiger partial charge in [-0.1, -0.05) is 6.92 Å². The maximum absolute atomic E-state index is 15.5. The van der Waals surface area contributed by atoms with Gasteiger partial charge in [-0.15, -0.1) is 0 Å². The lowest BCUT2D eigenvalue weighted by atomic mass is 10.1. The van der Waals surface area contributed by atoms with E-state index in [0.29, 0.717) is 66.8 Å². The number of anilines is 3. The molecule has 204 valence electrons. The highest BCUT2D eigenvalue weighted by atomic mass is 32.2. The topological polar surface area (TPSA) is 122 Å². The second-order valence-corrected chi connectivity index (χ2v) is 10.8. The summed E-state index contributed by atoms with van der Waals surface area (Å²) in [5, 5.41) is 2.97. The molecule has 0 unspecified atom stereocenters. The van der Waals surface area contributed by atoms with Crippen molar-refractivity contribution in [3.8, 4) is 22.6 Å². The van der Waals surface area contributed by atoms with Crippen molar-refractivity contribution in [2.24, 2.45) is 0 Å². The summed E-state index contributed by atoms with van der Waals surface area (Å²) in [6.45, 7) is 3.76. The first-order chi connectivity index (χ1) is 18.8. The summed E-state index contributed by atoms with van der Waals surface area (Å²) < 4.78 is 62.7. The van der Waals surface area contributed by atoms with Crippen LogP contribution in [0, 0.1) is 11.6 Å². The third kappa shape index (κ3) is 5.59. The maximum Gasteiger partial charge on any atom is 0.232 e. The Kier molecular flexibility index (Phi) is 7.53. The average molecular weight is 556 g/mol. The van der Waals surface area contributed by atoms with Crippen molar-refractivity contribution in [1.29, 1.82) is 0 Å². The first kappa shape index (κ1) is 26.6. The molecule has 10 nitrogen and oxygen atoms in total. The molecular weight excluding hydrogens is 528 g/mol. The molecule has 0 radical (unpaired) electrons. The summed E-state index contributed by atoms with van der Waals surface area (Å²) >= 11 is 0. The Morgan fingerprint density at radius 2 is 1.82 bits per heavy atom. The highest BCUT2D eigenvalue weighted by molar-refractivity contribution is 7.92. The molecule has 13 heteroatoms. The average Bonchev–Trinajstić information content (AvgIpc) is 2.94. The summed E-state index contributed by atoms with van der Waals surface area (Å²) in [5.41, 5.74) is 0.715. The molecule has 0 aliphatic carbocycles. The van der Waals surface area contributed by atoms with E-state index >= 15 is 4.39 Å². The molecule has 2 N–H and O–H groups in total. The van der Waals surface area contributed by atoms with Gasteiger partial charge in [0, 0.05) is 31.9 Å². The van der Waals surface area contributed by atoms with E-state index in [1.54, 1.807) is 26.2 Å². The molecule has 4 heterocycles. The first-order valence-corrected chi connectivity index (χ1v) is 14.1. The van der Waals surface area contributed by atoms with Crippen LogP contribution in [0.15, 0.2) is 42.6 Å². The molecule has 0 bridgehead atoms. The van der Waals surface area contributed by atoms with Gasteiger partial charge in [0.1, 0.15) is 17.2 Å². The van der Waals surface area contributed by atoms with Crippen LogP contribution in [0.3, 0.4) is 0 Å². The van der Waals surface area contributed by atoms with Gasteiger partial charge in [-0.05, 0) is 42.8 Å². The lowest BCUT2D eigenvalue weighted by Crippen LogP contribution is -2.37. The van der Waals surface area contributed by atoms with Crippen LogP contribution < -0.4 is 14.9 Å². The molecule has 5 rings (SSSR count). The third-order valence-corrected chi connectivity index (χ3v) is 7.67. The molecule has 0 amide bonds. The number of ether oxygens (including phenoxy) is 1. The predicted molar refractivity (Wildman–Crippen MR) is 146 cm³/mol. The van der Waals surface area contributed by atoms with Gasteiger partial charge in [0.05, 0.1) is 41.4 Å². The lowest BCUT2D eigenvalue weighted by molar-refractivity contribution is 0.122. The summed E-state index contributed by atoms with van der Waals surface area (Å²) in [6.07, 6.45) is 2.01.